The van der Waals surface area contributed by atoms with Crippen molar-refractivity contribution in [3.05, 3.63) is 76.9 Å². The second-order valence-corrected chi connectivity index (χ2v) is 12.5. The third-order valence-electron chi connectivity index (χ3n) is 9.72. The zero-order chi connectivity index (χ0) is 29.2. The molecule has 0 amide bonds. The van der Waals surface area contributed by atoms with Gasteiger partial charge in [0.25, 0.3) is 5.56 Å². The van der Waals surface area contributed by atoms with Crippen molar-refractivity contribution in [2.24, 2.45) is 5.41 Å². The fourth-order valence-electron chi connectivity index (χ4n) is 6.90. The SMILES string of the molecule is C=CCn1c(=O)c2cnc(Nc3ccc(N4CCC(N(C)C)CC4)cc3)nc2n1-c1ccc2c(n1)C(C)(O)C1(CC1)C2. The number of allylic oxidation sites excluding steroid dienone is 1. The predicted molar refractivity (Wildman–Crippen MR) is 165 cm³/mol. The van der Waals surface area contributed by atoms with Gasteiger partial charge in [-0.15, -0.1) is 6.58 Å². The number of anilines is 3. The van der Waals surface area contributed by atoms with Gasteiger partial charge >= 0.3 is 0 Å². The molecular weight excluding hydrogens is 528 g/mol. The molecule has 218 valence electrons. The standard InChI is InChI=1S/C32H38N8O2/c1-5-16-39-29(41)25-20-33-30(34-22-7-9-24(10-8-22)38-17-12-23(13-18-38)37(3)4)36-28(25)40(39)26-11-6-21-19-32(14-15-32)31(2,42)27(21)35-26/h5-11,20,23,42H,1,12-19H2,2-4H3,(H,33,34,36). The lowest BCUT2D eigenvalue weighted by Gasteiger charge is -2.36. The van der Waals surface area contributed by atoms with Gasteiger partial charge in [-0.2, -0.15) is 4.98 Å². The van der Waals surface area contributed by atoms with Crippen molar-refractivity contribution < 1.29 is 5.11 Å². The number of pyridine rings is 1. The van der Waals surface area contributed by atoms with Crippen molar-refractivity contribution >= 4 is 28.4 Å². The van der Waals surface area contributed by atoms with Crippen molar-refractivity contribution in [1.29, 1.82) is 0 Å². The Labute approximate surface area is 245 Å². The second kappa shape index (κ2) is 9.78. The van der Waals surface area contributed by atoms with E-state index in [-0.39, 0.29) is 17.5 Å². The van der Waals surface area contributed by atoms with Crippen molar-refractivity contribution in [2.75, 3.05) is 37.4 Å². The molecule has 2 aliphatic carbocycles. The molecule has 1 saturated heterocycles. The van der Waals surface area contributed by atoms with Crippen LogP contribution in [0.15, 0.2) is 60.0 Å². The lowest BCUT2D eigenvalue weighted by Crippen LogP contribution is -2.41. The Morgan fingerprint density at radius 3 is 2.52 bits per heavy atom. The number of benzene rings is 1. The lowest BCUT2D eigenvalue weighted by atomic mass is 9.88. The van der Waals surface area contributed by atoms with E-state index in [2.05, 4.69) is 52.9 Å². The number of hydrogen-bond donors (Lipinski definition) is 2. The Hall–Kier alpha value is -4.02. The topological polar surface area (TPSA) is 104 Å². The summed E-state index contributed by atoms with van der Waals surface area (Å²) in [7, 11) is 4.31. The first-order chi connectivity index (χ1) is 20.2. The summed E-state index contributed by atoms with van der Waals surface area (Å²) >= 11 is 0. The molecule has 0 bridgehead atoms. The van der Waals surface area contributed by atoms with Crippen molar-refractivity contribution in [2.45, 2.75) is 57.2 Å². The lowest BCUT2D eigenvalue weighted by molar-refractivity contribution is -0.0102. The maximum atomic E-state index is 13.4. The van der Waals surface area contributed by atoms with Gasteiger partial charge in [0.05, 0.1) is 12.2 Å². The molecule has 1 unspecified atom stereocenters. The Kier molecular flexibility index (Phi) is 6.25. The fourth-order valence-corrected chi connectivity index (χ4v) is 6.90. The number of fused-ring (bicyclic) bond motifs is 2. The van der Waals surface area contributed by atoms with E-state index in [0.717, 1.165) is 56.4 Å². The normalized spacial score (nSPS) is 21.3. The van der Waals surface area contributed by atoms with Gasteiger partial charge in [-0.3, -0.25) is 4.79 Å². The minimum absolute atomic E-state index is 0.113. The van der Waals surface area contributed by atoms with E-state index in [1.54, 1.807) is 21.6 Å². The summed E-state index contributed by atoms with van der Waals surface area (Å²) in [6.45, 7) is 8.09. The van der Waals surface area contributed by atoms with Gasteiger partial charge in [0.15, 0.2) is 11.5 Å². The molecule has 1 spiro atoms. The molecular formula is C32H38N8O2. The van der Waals surface area contributed by atoms with E-state index in [0.29, 0.717) is 34.5 Å². The second-order valence-electron chi connectivity index (χ2n) is 12.5. The number of nitrogens with one attached hydrogen (secondary N) is 1. The highest BCUT2D eigenvalue weighted by Gasteiger charge is 2.62. The van der Waals surface area contributed by atoms with Crippen molar-refractivity contribution in [1.82, 2.24) is 29.2 Å². The molecule has 1 aromatic carbocycles. The summed E-state index contributed by atoms with van der Waals surface area (Å²) < 4.78 is 3.29. The number of aromatic nitrogens is 5. The molecule has 3 aliphatic rings. The quantitative estimate of drug-likeness (QED) is 0.324. The largest absolute Gasteiger partial charge is 0.383 e. The van der Waals surface area contributed by atoms with E-state index < -0.39 is 5.60 Å². The predicted octanol–water partition coefficient (Wildman–Crippen LogP) is 3.98. The average molecular weight is 567 g/mol. The summed E-state index contributed by atoms with van der Waals surface area (Å²) in [5, 5.41) is 15.2. The maximum Gasteiger partial charge on any atom is 0.278 e. The molecule has 10 heteroatoms. The van der Waals surface area contributed by atoms with Crippen LogP contribution in [0.1, 0.15) is 43.9 Å². The van der Waals surface area contributed by atoms with E-state index in [9.17, 15) is 9.90 Å². The van der Waals surface area contributed by atoms with E-state index >= 15 is 0 Å². The zero-order valence-corrected chi connectivity index (χ0v) is 24.5. The number of nitrogens with zero attached hydrogens (tertiary/aromatic N) is 7. The molecule has 2 N–H and O–H groups in total. The molecule has 0 radical (unpaired) electrons. The average Bonchev–Trinajstić information content (AvgIpc) is 3.69. The fraction of sp³-hybridized carbons (Fsp3) is 0.438. The Bertz CT molecular complexity index is 1720. The summed E-state index contributed by atoms with van der Waals surface area (Å²) in [6, 6.07) is 12.9. The number of piperidine rings is 1. The molecule has 42 heavy (non-hydrogen) atoms. The third kappa shape index (κ3) is 4.23. The van der Waals surface area contributed by atoms with Crippen LogP contribution in [0.3, 0.4) is 0 Å². The Balaban J connectivity index is 1.20. The highest BCUT2D eigenvalue weighted by molar-refractivity contribution is 5.77. The van der Waals surface area contributed by atoms with Crippen LogP contribution in [0.2, 0.25) is 0 Å². The highest BCUT2D eigenvalue weighted by Crippen LogP contribution is 2.64. The minimum Gasteiger partial charge on any atom is -0.383 e. The molecule has 1 aliphatic heterocycles. The van der Waals surface area contributed by atoms with Crippen LogP contribution in [0.4, 0.5) is 17.3 Å². The summed E-state index contributed by atoms with van der Waals surface area (Å²) in [6.07, 6.45) is 8.38. The van der Waals surface area contributed by atoms with E-state index in [1.807, 2.05) is 31.2 Å². The van der Waals surface area contributed by atoms with Crippen molar-refractivity contribution in [3.63, 3.8) is 0 Å². The first kappa shape index (κ1) is 26.9. The Morgan fingerprint density at radius 1 is 1.12 bits per heavy atom. The summed E-state index contributed by atoms with van der Waals surface area (Å²) in [5.41, 5.74) is 2.95. The Morgan fingerprint density at radius 2 is 1.86 bits per heavy atom. The number of aliphatic hydroxyl groups is 1. The zero-order valence-electron chi connectivity index (χ0n) is 24.5. The molecule has 4 heterocycles. The molecule has 7 rings (SSSR count). The minimum atomic E-state index is -0.999. The van der Waals surface area contributed by atoms with Crippen LogP contribution >= 0.6 is 0 Å². The molecule has 1 saturated carbocycles. The molecule has 3 aromatic heterocycles. The van der Waals surface area contributed by atoms with Gasteiger partial charge in [-0.1, -0.05) is 12.1 Å². The van der Waals surface area contributed by atoms with Crippen LogP contribution in [0, 0.1) is 5.41 Å². The van der Waals surface area contributed by atoms with Crippen LogP contribution in [-0.2, 0) is 18.6 Å². The summed E-state index contributed by atoms with van der Waals surface area (Å²) in [5.74, 6) is 0.921. The number of rotatable bonds is 7. The molecule has 1 atom stereocenters. The van der Waals surface area contributed by atoms with Gasteiger partial charge in [-0.25, -0.2) is 19.3 Å². The monoisotopic (exact) mass is 566 g/mol. The van der Waals surface area contributed by atoms with E-state index in [1.165, 1.54) is 5.69 Å². The van der Waals surface area contributed by atoms with Gasteiger partial charge in [0.1, 0.15) is 11.0 Å². The van der Waals surface area contributed by atoms with Crippen molar-refractivity contribution in [3.8, 4) is 5.82 Å². The van der Waals surface area contributed by atoms with Gasteiger partial charge in [-0.05, 0) is 89.0 Å². The van der Waals surface area contributed by atoms with Gasteiger partial charge in [0, 0.05) is 42.1 Å². The van der Waals surface area contributed by atoms with Crippen LogP contribution in [0.5, 0.6) is 0 Å². The first-order valence-corrected chi connectivity index (χ1v) is 14.8. The maximum absolute atomic E-state index is 13.4. The molecule has 4 aromatic rings. The molecule has 10 nitrogen and oxygen atoms in total. The molecule has 2 fully saturated rings. The van der Waals surface area contributed by atoms with Crippen LogP contribution in [0.25, 0.3) is 16.9 Å². The van der Waals surface area contributed by atoms with E-state index in [4.69, 9.17) is 9.97 Å². The third-order valence-corrected chi connectivity index (χ3v) is 9.72. The first-order valence-electron chi connectivity index (χ1n) is 14.8. The van der Waals surface area contributed by atoms with Crippen LogP contribution in [-0.4, -0.2) is 67.5 Å². The highest BCUT2D eigenvalue weighted by atomic mass is 16.3. The van der Waals surface area contributed by atoms with Gasteiger partial charge in [0.2, 0.25) is 5.95 Å². The summed E-state index contributed by atoms with van der Waals surface area (Å²) in [4.78, 5) is 32.3. The smallest absolute Gasteiger partial charge is 0.278 e. The van der Waals surface area contributed by atoms with Gasteiger partial charge < -0.3 is 20.2 Å². The number of hydrogen-bond acceptors (Lipinski definition) is 8. The van der Waals surface area contributed by atoms with Crippen LogP contribution < -0.4 is 15.8 Å².